The van der Waals surface area contributed by atoms with Gasteiger partial charge in [-0.05, 0) is 61.2 Å². The molecule has 0 bridgehead atoms. The van der Waals surface area contributed by atoms with Gasteiger partial charge in [0.1, 0.15) is 0 Å². The smallest absolute Gasteiger partial charge is 0.416 e. The Kier molecular flexibility index (Phi) is 7.47. The highest BCUT2D eigenvalue weighted by Gasteiger charge is 2.42. The summed E-state index contributed by atoms with van der Waals surface area (Å²) in [6, 6.07) is 4.00. The van der Waals surface area contributed by atoms with E-state index in [1.165, 1.54) is 13.0 Å². The van der Waals surface area contributed by atoms with Crippen molar-refractivity contribution in [2.24, 2.45) is 0 Å². The first-order chi connectivity index (χ1) is 16.7. The van der Waals surface area contributed by atoms with Crippen LogP contribution in [0.25, 0.3) is 0 Å². The molecular weight excluding hydrogens is 494 g/mol. The number of amides is 2. The summed E-state index contributed by atoms with van der Waals surface area (Å²) < 4.78 is 85.5. The molecular formula is C24H24F6N2O4. The number of ether oxygens (including phenoxy) is 1. The lowest BCUT2D eigenvalue weighted by molar-refractivity contribution is -0.138. The number of anilines is 1. The van der Waals surface area contributed by atoms with Crippen molar-refractivity contribution in [1.29, 1.82) is 0 Å². The fraction of sp³-hybridized carbons (Fsp3) is 0.417. The lowest BCUT2D eigenvalue weighted by Gasteiger charge is -2.43. The first kappa shape index (κ1) is 27.2. The molecule has 1 aliphatic rings. The quantitative estimate of drug-likeness (QED) is 0.442. The van der Waals surface area contributed by atoms with Crippen LogP contribution in [0.1, 0.15) is 53.6 Å². The van der Waals surface area contributed by atoms with Gasteiger partial charge in [0.05, 0.1) is 30.0 Å². The molecule has 196 valence electrons. The minimum absolute atomic E-state index is 0.0345. The van der Waals surface area contributed by atoms with Crippen LogP contribution in [0.15, 0.2) is 36.4 Å². The minimum atomic E-state index is -4.75. The normalized spacial score (nSPS) is 18.0. The Balaban J connectivity index is 2.18. The van der Waals surface area contributed by atoms with Gasteiger partial charge in [-0.2, -0.15) is 26.3 Å². The molecule has 2 aromatic carbocycles. The number of carbonyl (C=O) groups excluding carboxylic acids is 1. The second-order valence-corrected chi connectivity index (χ2v) is 8.54. The van der Waals surface area contributed by atoms with E-state index in [4.69, 9.17) is 4.74 Å². The summed E-state index contributed by atoms with van der Waals surface area (Å²) in [6.07, 6.45) is -11.5. The summed E-state index contributed by atoms with van der Waals surface area (Å²) in [4.78, 5) is 26.8. The zero-order valence-electron chi connectivity index (χ0n) is 19.6. The van der Waals surface area contributed by atoms with Gasteiger partial charge >= 0.3 is 24.5 Å². The van der Waals surface area contributed by atoms with Crippen molar-refractivity contribution < 1.29 is 45.8 Å². The van der Waals surface area contributed by atoms with Gasteiger partial charge in [-0.3, -0.25) is 9.80 Å². The summed E-state index contributed by atoms with van der Waals surface area (Å²) in [5.74, 6) is 0. The highest BCUT2D eigenvalue weighted by Crippen LogP contribution is 2.45. The number of fused-ring (bicyclic) bond motifs is 1. The SMILES string of the molecule is CC[C@@H]1C[C@H](N(Cc2cc(C)cc(C(F)(F)F)c2)C(=O)OC)c2cc(C(F)(F)F)ccc2N1C(=O)O. The standard InChI is InChI=1S/C24H24F6N2O4/c1-4-17-11-20(18-10-15(23(25,26)27)5-6-19(18)32(17)21(33)34)31(22(35)36-3)12-14-7-13(2)8-16(9-14)24(28,29)30/h5-10,17,20H,4,11-12H2,1-3H3,(H,33,34)/t17-,20+/m1/s1. The molecule has 1 heterocycles. The number of benzene rings is 2. The summed E-state index contributed by atoms with van der Waals surface area (Å²) >= 11 is 0. The fourth-order valence-corrected chi connectivity index (χ4v) is 4.54. The predicted molar refractivity (Wildman–Crippen MR) is 118 cm³/mol. The van der Waals surface area contributed by atoms with E-state index in [2.05, 4.69) is 0 Å². The van der Waals surface area contributed by atoms with Gasteiger partial charge in [0.2, 0.25) is 0 Å². The number of aryl methyl sites for hydroxylation is 1. The van der Waals surface area contributed by atoms with E-state index in [1.807, 2.05) is 0 Å². The van der Waals surface area contributed by atoms with E-state index in [-0.39, 0.29) is 35.2 Å². The first-order valence-electron chi connectivity index (χ1n) is 10.9. The number of alkyl halides is 6. The Morgan fingerprint density at radius 3 is 2.22 bits per heavy atom. The monoisotopic (exact) mass is 518 g/mol. The maximum atomic E-state index is 13.5. The number of hydrogen-bond donors (Lipinski definition) is 1. The van der Waals surface area contributed by atoms with Crippen LogP contribution in [0.5, 0.6) is 0 Å². The molecule has 0 radical (unpaired) electrons. The first-order valence-corrected chi connectivity index (χ1v) is 10.9. The van der Waals surface area contributed by atoms with E-state index < -0.39 is 54.3 Å². The van der Waals surface area contributed by atoms with Crippen molar-refractivity contribution in [2.45, 2.75) is 57.7 Å². The van der Waals surface area contributed by atoms with Crippen LogP contribution >= 0.6 is 0 Å². The molecule has 0 aliphatic carbocycles. The number of carbonyl (C=O) groups is 2. The molecule has 0 saturated carbocycles. The molecule has 0 aromatic heterocycles. The summed E-state index contributed by atoms with van der Waals surface area (Å²) in [5, 5.41) is 9.76. The van der Waals surface area contributed by atoms with Gasteiger partial charge in [-0.15, -0.1) is 0 Å². The van der Waals surface area contributed by atoms with Crippen molar-refractivity contribution in [2.75, 3.05) is 12.0 Å². The Morgan fingerprint density at radius 1 is 1.06 bits per heavy atom. The number of hydrogen-bond acceptors (Lipinski definition) is 3. The number of halogens is 6. The largest absolute Gasteiger partial charge is 0.465 e. The number of nitrogens with zero attached hydrogens (tertiary/aromatic N) is 2. The van der Waals surface area contributed by atoms with E-state index in [0.717, 1.165) is 47.2 Å². The van der Waals surface area contributed by atoms with Crippen LogP contribution in [0.4, 0.5) is 41.6 Å². The van der Waals surface area contributed by atoms with E-state index in [9.17, 15) is 41.0 Å². The molecule has 1 aliphatic heterocycles. The Labute approximate surface area is 203 Å². The maximum Gasteiger partial charge on any atom is 0.416 e. The lowest BCUT2D eigenvalue weighted by Crippen LogP contribution is -2.48. The number of carboxylic acid groups (broad SMARTS) is 1. The third kappa shape index (κ3) is 5.52. The molecule has 2 amide bonds. The van der Waals surface area contributed by atoms with Crippen LogP contribution in [0.2, 0.25) is 0 Å². The van der Waals surface area contributed by atoms with Gasteiger partial charge in [-0.25, -0.2) is 9.59 Å². The molecule has 3 rings (SSSR count). The van der Waals surface area contributed by atoms with Crippen LogP contribution < -0.4 is 4.90 Å². The molecule has 2 atom stereocenters. The van der Waals surface area contributed by atoms with Gasteiger partial charge in [-0.1, -0.05) is 18.6 Å². The summed E-state index contributed by atoms with van der Waals surface area (Å²) in [6.45, 7) is 2.73. The van der Waals surface area contributed by atoms with Crippen molar-refractivity contribution >= 4 is 17.9 Å². The minimum Gasteiger partial charge on any atom is -0.465 e. The topological polar surface area (TPSA) is 70.1 Å². The third-order valence-electron chi connectivity index (χ3n) is 6.11. The highest BCUT2D eigenvalue weighted by molar-refractivity contribution is 5.89. The molecule has 0 spiro atoms. The molecule has 0 unspecified atom stereocenters. The van der Waals surface area contributed by atoms with Gasteiger partial charge in [0.25, 0.3) is 0 Å². The Morgan fingerprint density at radius 2 is 1.69 bits per heavy atom. The lowest BCUT2D eigenvalue weighted by atomic mass is 9.87. The molecule has 12 heteroatoms. The third-order valence-corrected chi connectivity index (χ3v) is 6.11. The second kappa shape index (κ2) is 9.90. The van der Waals surface area contributed by atoms with Crippen LogP contribution in [-0.2, 0) is 23.6 Å². The molecule has 0 saturated heterocycles. The summed E-state index contributed by atoms with van der Waals surface area (Å²) in [7, 11) is 1.05. The van der Waals surface area contributed by atoms with Gasteiger partial charge < -0.3 is 9.84 Å². The van der Waals surface area contributed by atoms with Crippen LogP contribution in [-0.4, -0.2) is 35.3 Å². The molecule has 1 N–H and O–H groups in total. The average Bonchev–Trinajstić information content (AvgIpc) is 2.79. The number of rotatable bonds is 4. The van der Waals surface area contributed by atoms with Crippen molar-refractivity contribution in [3.63, 3.8) is 0 Å². The highest BCUT2D eigenvalue weighted by atomic mass is 19.4. The van der Waals surface area contributed by atoms with Gasteiger partial charge in [0, 0.05) is 12.6 Å². The molecule has 36 heavy (non-hydrogen) atoms. The fourth-order valence-electron chi connectivity index (χ4n) is 4.54. The summed E-state index contributed by atoms with van der Waals surface area (Å²) in [5.41, 5.74) is -1.74. The Hall–Kier alpha value is -3.44. The molecule has 0 fully saturated rings. The van der Waals surface area contributed by atoms with Gasteiger partial charge in [0.15, 0.2) is 0 Å². The van der Waals surface area contributed by atoms with Crippen molar-refractivity contribution in [3.05, 3.63) is 64.2 Å². The molecule has 6 nitrogen and oxygen atoms in total. The zero-order chi connectivity index (χ0) is 27.0. The van der Waals surface area contributed by atoms with Crippen molar-refractivity contribution in [3.8, 4) is 0 Å². The number of methoxy groups -OCH3 is 1. The Bertz CT molecular complexity index is 1150. The predicted octanol–water partition coefficient (Wildman–Crippen LogP) is 7.01. The van der Waals surface area contributed by atoms with Crippen molar-refractivity contribution in [1.82, 2.24) is 4.90 Å². The second-order valence-electron chi connectivity index (χ2n) is 8.54. The molecule has 2 aromatic rings. The van der Waals surface area contributed by atoms with E-state index >= 15 is 0 Å². The van der Waals surface area contributed by atoms with Crippen LogP contribution in [0.3, 0.4) is 0 Å². The van der Waals surface area contributed by atoms with E-state index in [0.29, 0.717) is 0 Å². The average molecular weight is 518 g/mol. The maximum absolute atomic E-state index is 13.5. The van der Waals surface area contributed by atoms with Crippen LogP contribution in [0, 0.1) is 6.92 Å². The zero-order valence-corrected chi connectivity index (χ0v) is 19.6. The van der Waals surface area contributed by atoms with E-state index in [1.54, 1.807) is 6.92 Å².